The van der Waals surface area contributed by atoms with Gasteiger partial charge < -0.3 is 18.1 Å². The molecular weight excluding hydrogens is 164 g/mol. The van der Waals surface area contributed by atoms with Crippen molar-refractivity contribution >= 4 is 5.91 Å². The summed E-state index contributed by atoms with van der Waals surface area (Å²) in [7, 11) is 1.37. The van der Waals surface area contributed by atoms with Crippen LogP contribution in [0.15, 0.2) is 24.4 Å². The zero-order chi connectivity index (χ0) is 11.0. The highest BCUT2D eigenvalue weighted by Crippen LogP contribution is 1.89. The van der Waals surface area contributed by atoms with E-state index in [0.29, 0.717) is 0 Å². The number of amides is 1. The number of carbonyl (C=O) groups excluding carboxylic acids is 1. The van der Waals surface area contributed by atoms with Crippen LogP contribution in [-0.2, 0) is 7.05 Å². The van der Waals surface area contributed by atoms with Gasteiger partial charge >= 0.3 is 0 Å². The third-order valence-electron chi connectivity index (χ3n) is 0.937. The van der Waals surface area contributed by atoms with E-state index < -0.39 is 18.0 Å². The second kappa shape index (κ2) is 3.93. The van der Waals surface area contributed by atoms with Gasteiger partial charge in [0.25, 0.3) is 5.91 Å². The predicted octanol–water partition coefficient (Wildman–Crippen LogP) is -3.39. The first-order chi connectivity index (χ1) is 6.37. The Morgan fingerprint density at radius 3 is 3.00 bits per heavy atom. The summed E-state index contributed by atoms with van der Waals surface area (Å²) >= 11 is 0. The van der Waals surface area contributed by atoms with Crippen molar-refractivity contribution in [2.75, 3.05) is 0 Å². The van der Waals surface area contributed by atoms with Gasteiger partial charge in [0.15, 0.2) is 12.3 Å². The number of nitrogens with two attached hydrogens (primary N) is 1. The second-order valence-electron chi connectivity index (χ2n) is 1.77. The van der Waals surface area contributed by atoms with Gasteiger partial charge in [0, 0.05) is 6.04 Å². The Balaban J connectivity index is 0.00000196. The molecule has 2 N–H and O–H groups in total. The average molecular weight is 177 g/mol. The number of hydrogen-bond donors (Lipinski definition) is 1. The third-order valence-corrected chi connectivity index (χ3v) is 0.937. The van der Waals surface area contributed by atoms with Crippen molar-refractivity contribution in [3.05, 3.63) is 30.0 Å². The number of aromatic nitrogens is 1. The number of halogens is 1. The van der Waals surface area contributed by atoms with E-state index >= 15 is 0 Å². The summed E-state index contributed by atoms with van der Waals surface area (Å²) in [4.78, 5) is 10.9. The molecule has 1 heterocycles. The first kappa shape index (κ1) is 4.72. The van der Waals surface area contributed by atoms with Gasteiger partial charge in [-0.25, -0.2) is 4.57 Å². The molecular formula is C7H9ClN2O. The van der Waals surface area contributed by atoms with Crippen LogP contribution in [0.3, 0.4) is 0 Å². The molecule has 1 amide bonds. The maximum atomic E-state index is 10.9. The molecule has 1 rings (SSSR count). The van der Waals surface area contributed by atoms with E-state index in [-0.39, 0.29) is 30.3 Å². The molecule has 0 saturated heterocycles. The van der Waals surface area contributed by atoms with Crippen LogP contribution in [0.2, 0.25) is 0 Å². The van der Waals surface area contributed by atoms with E-state index in [2.05, 4.69) is 0 Å². The van der Waals surface area contributed by atoms with Crippen molar-refractivity contribution in [2.45, 2.75) is 0 Å². The van der Waals surface area contributed by atoms with E-state index in [1.165, 1.54) is 7.05 Å². The fourth-order valence-corrected chi connectivity index (χ4v) is 0.515. The molecule has 60 valence electrons. The molecule has 0 atom stereocenters. The maximum Gasteiger partial charge on any atom is 0.254 e. The molecule has 0 aliphatic carbocycles. The normalized spacial score (nSPS) is 13.5. The first-order valence-electron chi connectivity index (χ1n) is 4.64. The van der Waals surface area contributed by atoms with E-state index in [4.69, 9.17) is 11.2 Å². The molecule has 3 nitrogen and oxygen atoms in total. The molecule has 0 spiro atoms. The number of hydrogen-bond acceptors (Lipinski definition) is 1. The first-order valence-corrected chi connectivity index (χ1v) is 2.64. The SMILES string of the molecule is [2H]c1c([2H])c([2H])[n+](C)c([2H])c1C(N)=O.[Cl-]. The Bertz CT molecular complexity index is 395. The number of rotatable bonds is 1. The summed E-state index contributed by atoms with van der Waals surface area (Å²) in [6.45, 7) is 0. The van der Waals surface area contributed by atoms with Crippen LogP contribution < -0.4 is 22.7 Å². The summed E-state index contributed by atoms with van der Waals surface area (Å²) in [5.41, 5.74) is 4.64. The monoisotopic (exact) mass is 176 g/mol. The molecule has 1 aromatic heterocycles. The minimum atomic E-state index is -0.927. The maximum absolute atomic E-state index is 10.9. The molecule has 0 aliphatic heterocycles. The standard InChI is InChI=1S/C7H8N2O.ClH/c1-9-4-2-3-6(5-9)7(8)10;/h2-5H,1H3,(H-,8,10);1H/i2D,3D,4D,5D;. The van der Waals surface area contributed by atoms with E-state index in [1.54, 1.807) is 0 Å². The molecule has 0 bridgehead atoms. The van der Waals surface area contributed by atoms with Crippen molar-refractivity contribution in [3.8, 4) is 0 Å². The minimum Gasteiger partial charge on any atom is -1.00 e. The Hall–Kier alpha value is -1.09. The van der Waals surface area contributed by atoms with Crippen molar-refractivity contribution in [1.29, 1.82) is 0 Å². The van der Waals surface area contributed by atoms with Crippen molar-refractivity contribution < 1.29 is 27.3 Å². The summed E-state index contributed by atoms with van der Waals surface area (Å²) in [6, 6.07) is -0.872. The number of carbonyl (C=O) groups is 1. The van der Waals surface area contributed by atoms with Gasteiger partial charge in [-0.1, -0.05) is 0 Å². The molecule has 0 fully saturated rings. The molecule has 0 saturated carbocycles. The van der Waals surface area contributed by atoms with Gasteiger partial charge in [0.05, 0.1) is 2.74 Å². The third kappa shape index (κ3) is 2.55. The topological polar surface area (TPSA) is 47.0 Å². The highest BCUT2D eigenvalue weighted by atomic mass is 35.5. The van der Waals surface area contributed by atoms with E-state index in [1.807, 2.05) is 0 Å². The lowest BCUT2D eigenvalue weighted by Crippen LogP contribution is -3.00. The molecule has 0 radical (unpaired) electrons. The molecule has 0 unspecified atom stereocenters. The van der Waals surface area contributed by atoms with Crippen LogP contribution in [0, 0.1) is 0 Å². The molecule has 0 aliphatic rings. The zero-order valence-electron chi connectivity index (χ0n) is 9.81. The summed E-state index contributed by atoms with van der Waals surface area (Å²) < 4.78 is 30.5. The smallest absolute Gasteiger partial charge is 0.254 e. The molecule has 0 aromatic carbocycles. The molecule has 1 aromatic rings. The van der Waals surface area contributed by atoms with Gasteiger partial charge in [-0.2, -0.15) is 0 Å². The van der Waals surface area contributed by atoms with Gasteiger partial charge in [-0.05, 0) is 6.04 Å². The summed E-state index contributed by atoms with van der Waals surface area (Å²) in [6.07, 6.45) is -0.603. The molecule has 11 heavy (non-hydrogen) atoms. The molecule has 4 heteroatoms. The van der Waals surface area contributed by atoms with Gasteiger partial charge in [0.2, 0.25) is 0 Å². The highest BCUT2D eigenvalue weighted by Gasteiger charge is 2.02. The van der Waals surface area contributed by atoms with Crippen LogP contribution in [0.5, 0.6) is 0 Å². The summed E-state index contributed by atoms with van der Waals surface area (Å²) in [5, 5.41) is 0. The Labute approximate surface area is 76.9 Å². The van der Waals surface area contributed by atoms with Crippen LogP contribution in [-0.4, -0.2) is 5.91 Å². The van der Waals surface area contributed by atoms with Crippen LogP contribution in [0.1, 0.15) is 15.8 Å². The van der Waals surface area contributed by atoms with Crippen molar-refractivity contribution in [1.82, 2.24) is 0 Å². The lowest BCUT2D eigenvalue weighted by molar-refractivity contribution is -0.671. The van der Waals surface area contributed by atoms with Crippen LogP contribution in [0.25, 0.3) is 0 Å². The van der Waals surface area contributed by atoms with Crippen molar-refractivity contribution in [3.63, 3.8) is 0 Å². The van der Waals surface area contributed by atoms with Gasteiger partial charge in [0.1, 0.15) is 15.4 Å². The number of primary amides is 1. The summed E-state index contributed by atoms with van der Waals surface area (Å²) in [5.74, 6) is -0.927. The fraction of sp³-hybridized carbons (Fsp3) is 0.143. The Morgan fingerprint density at radius 1 is 1.82 bits per heavy atom. The van der Waals surface area contributed by atoms with E-state index in [9.17, 15) is 4.79 Å². The highest BCUT2D eigenvalue weighted by molar-refractivity contribution is 5.92. The number of nitrogens with zero attached hydrogens (tertiary/aromatic N) is 1. The lowest BCUT2D eigenvalue weighted by Gasteiger charge is -1.89. The van der Waals surface area contributed by atoms with E-state index in [0.717, 1.165) is 4.57 Å². The Kier molecular flexibility index (Phi) is 1.69. The van der Waals surface area contributed by atoms with Crippen LogP contribution in [0.4, 0.5) is 0 Å². The largest absolute Gasteiger partial charge is 1.00 e. The zero-order valence-corrected chi connectivity index (χ0v) is 6.57. The Morgan fingerprint density at radius 2 is 2.45 bits per heavy atom. The lowest BCUT2D eigenvalue weighted by atomic mass is 10.3. The number of pyridine rings is 1. The second-order valence-corrected chi connectivity index (χ2v) is 1.77. The minimum absolute atomic E-state index is 0. The van der Waals surface area contributed by atoms with Crippen molar-refractivity contribution in [2.24, 2.45) is 12.8 Å². The fourth-order valence-electron chi connectivity index (χ4n) is 0.515. The quantitative estimate of drug-likeness (QED) is 0.446. The van der Waals surface area contributed by atoms with Crippen LogP contribution >= 0.6 is 0 Å². The van der Waals surface area contributed by atoms with Gasteiger partial charge in [-0.3, -0.25) is 4.79 Å². The average Bonchev–Trinajstić information content (AvgIpc) is 2.11. The van der Waals surface area contributed by atoms with Gasteiger partial charge in [-0.15, -0.1) is 0 Å². The predicted molar refractivity (Wildman–Crippen MR) is 36.1 cm³/mol.